The van der Waals surface area contributed by atoms with E-state index in [0.717, 1.165) is 61.5 Å². The van der Waals surface area contributed by atoms with Crippen LogP contribution >= 0.6 is 11.6 Å². The first-order valence-corrected chi connectivity index (χ1v) is 13.9. The van der Waals surface area contributed by atoms with Crippen LogP contribution < -0.4 is 15.4 Å². The fourth-order valence-electron chi connectivity index (χ4n) is 4.40. The SMILES string of the molecule is CS(=O)(=O)O.Clc1ccc2c(c1NCc1ccc(OCC3CCCCC3)cc1)CCNCC2. The average Bonchev–Trinajstić information content (AvgIpc) is 3.03. The van der Waals surface area contributed by atoms with Gasteiger partial charge in [-0.25, -0.2) is 0 Å². The molecule has 0 radical (unpaired) electrons. The van der Waals surface area contributed by atoms with Gasteiger partial charge in [-0.3, -0.25) is 4.55 Å². The maximum absolute atomic E-state index is 9.19. The summed E-state index contributed by atoms with van der Waals surface area (Å²) in [5.41, 5.74) is 5.11. The van der Waals surface area contributed by atoms with Crippen molar-refractivity contribution in [2.75, 3.05) is 31.3 Å². The van der Waals surface area contributed by atoms with Crippen molar-refractivity contribution < 1.29 is 17.7 Å². The topological polar surface area (TPSA) is 87.7 Å². The molecule has 0 unspecified atom stereocenters. The Morgan fingerprint density at radius 3 is 2.42 bits per heavy atom. The minimum atomic E-state index is -3.67. The van der Waals surface area contributed by atoms with Crippen LogP contribution in [-0.2, 0) is 29.5 Å². The molecule has 0 atom stereocenters. The van der Waals surface area contributed by atoms with Crippen molar-refractivity contribution in [3.8, 4) is 5.75 Å². The minimum Gasteiger partial charge on any atom is -0.493 e. The Morgan fingerprint density at radius 2 is 1.73 bits per heavy atom. The number of hydrogen-bond donors (Lipinski definition) is 3. The normalized spacial score (nSPS) is 16.7. The van der Waals surface area contributed by atoms with Crippen LogP contribution in [0.4, 0.5) is 5.69 Å². The van der Waals surface area contributed by atoms with E-state index in [1.807, 2.05) is 6.07 Å². The second-order valence-electron chi connectivity index (χ2n) is 8.86. The second kappa shape index (κ2) is 12.6. The molecule has 8 heteroatoms. The van der Waals surface area contributed by atoms with E-state index in [2.05, 4.69) is 41.0 Å². The zero-order chi connectivity index (χ0) is 23.7. The lowest BCUT2D eigenvalue weighted by Gasteiger charge is -2.21. The summed E-state index contributed by atoms with van der Waals surface area (Å²) in [5, 5.41) is 7.87. The second-order valence-corrected chi connectivity index (χ2v) is 10.7. The highest BCUT2D eigenvalue weighted by atomic mass is 35.5. The third-order valence-electron chi connectivity index (χ3n) is 6.09. The predicted molar refractivity (Wildman–Crippen MR) is 135 cm³/mol. The number of halogens is 1. The molecule has 2 aliphatic rings. The Balaban J connectivity index is 0.000000555. The maximum atomic E-state index is 9.19. The number of benzene rings is 2. The Bertz CT molecular complexity index is 982. The van der Waals surface area contributed by atoms with Crippen LogP contribution in [-0.4, -0.2) is 38.9 Å². The molecular formula is C25H35ClN2O4S. The highest BCUT2D eigenvalue weighted by Crippen LogP contribution is 2.31. The van der Waals surface area contributed by atoms with Gasteiger partial charge in [0.1, 0.15) is 5.75 Å². The van der Waals surface area contributed by atoms with E-state index < -0.39 is 10.1 Å². The molecule has 0 aromatic heterocycles. The molecule has 1 fully saturated rings. The summed E-state index contributed by atoms with van der Waals surface area (Å²) in [6.07, 6.45) is 9.55. The van der Waals surface area contributed by atoms with E-state index in [9.17, 15) is 8.42 Å². The zero-order valence-electron chi connectivity index (χ0n) is 19.3. The van der Waals surface area contributed by atoms with E-state index >= 15 is 0 Å². The summed E-state index contributed by atoms with van der Waals surface area (Å²) < 4.78 is 31.9. The molecule has 0 amide bonds. The molecule has 2 aromatic rings. The smallest absolute Gasteiger partial charge is 0.261 e. The zero-order valence-corrected chi connectivity index (χ0v) is 20.9. The van der Waals surface area contributed by atoms with Crippen LogP contribution in [0.3, 0.4) is 0 Å². The van der Waals surface area contributed by atoms with Gasteiger partial charge in [-0.15, -0.1) is 0 Å². The molecule has 3 N–H and O–H groups in total. The number of nitrogens with one attached hydrogen (secondary N) is 2. The predicted octanol–water partition coefficient (Wildman–Crippen LogP) is 5.10. The van der Waals surface area contributed by atoms with Crippen molar-refractivity contribution >= 4 is 27.4 Å². The molecule has 1 aliphatic carbocycles. The third kappa shape index (κ3) is 9.16. The monoisotopic (exact) mass is 494 g/mol. The molecule has 182 valence electrons. The number of hydrogen-bond acceptors (Lipinski definition) is 5. The van der Waals surface area contributed by atoms with Crippen LogP contribution in [0, 0.1) is 5.92 Å². The van der Waals surface area contributed by atoms with Crippen molar-refractivity contribution in [2.24, 2.45) is 5.92 Å². The average molecular weight is 495 g/mol. The number of fused-ring (bicyclic) bond motifs is 1. The van der Waals surface area contributed by atoms with Gasteiger partial charge >= 0.3 is 0 Å². The van der Waals surface area contributed by atoms with Crippen molar-refractivity contribution in [1.29, 1.82) is 0 Å². The first-order chi connectivity index (χ1) is 15.8. The summed E-state index contributed by atoms with van der Waals surface area (Å²) in [7, 11) is -3.67. The van der Waals surface area contributed by atoms with Gasteiger partial charge in [0, 0.05) is 6.54 Å². The standard InChI is InChI=1S/C24H31ClN2O.CH4O3S/c25-23-11-8-20-12-14-26-15-13-22(20)24(23)27-16-18-6-9-21(10-7-18)28-17-19-4-2-1-3-5-19;1-5(2,3)4/h6-11,19,26-27H,1-5,12-17H2;1H3,(H,2,3,4). The van der Waals surface area contributed by atoms with Crippen LogP contribution in [0.5, 0.6) is 5.75 Å². The van der Waals surface area contributed by atoms with Crippen molar-refractivity contribution in [3.63, 3.8) is 0 Å². The maximum Gasteiger partial charge on any atom is 0.261 e. The molecule has 2 aromatic carbocycles. The van der Waals surface area contributed by atoms with Crippen molar-refractivity contribution in [2.45, 2.75) is 51.5 Å². The first kappa shape index (κ1) is 25.8. The Hall–Kier alpha value is -1.80. The highest BCUT2D eigenvalue weighted by molar-refractivity contribution is 7.85. The van der Waals surface area contributed by atoms with Gasteiger partial charge < -0.3 is 15.4 Å². The van der Waals surface area contributed by atoms with E-state index in [1.165, 1.54) is 48.8 Å². The number of anilines is 1. The Labute approximate surface area is 202 Å². The van der Waals surface area contributed by atoms with Gasteiger partial charge in [-0.05, 0) is 79.6 Å². The summed E-state index contributed by atoms with van der Waals surface area (Å²) in [4.78, 5) is 0. The van der Waals surface area contributed by atoms with Crippen LogP contribution in [0.15, 0.2) is 36.4 Å². The van der Waals surface area contributed by atoms with E-state index in [1.54, 1.807) is 0 Å². The minimum absolute atomic E-state index is 0.715. The molecule has 0 bridgehead atoms. The van der Waals surface area contributed by atoms with Crippen molar-refractivity contribution in [1.82, 2.24) is 5.32 Å². The molecule has 1 aliphatic heterocycles. The molecule has 1 saturated carbocycles. The summed E-state index contributed by atoms with van der Waals surface area (Å²) in [6, 6.07) is 12.7. The number of rotatable bonds is 6. The summed E-state index contributed by atoms with van der Waals surface area (Å²) in [5.74, 6) is 1.71. The number of ether oxygens (including phenoxy) is 1. The Morgan fingerprint density at radius 1 is 1.06 bits per heavy atom. The molecule has 1 heterocycles. The lowest BCUT2D eigenvalue weighted by Crippen LogP contribution is -2.16. The van der Waals surface area contributed by atoms with Gasteiger partial charge in [0.15, 0.2) is 0 Å². The quantitative estimate of drug-likeness (QED) is 0.484. The highest BCUT2D eigenvalue weighted by Gasteiger charge is 2.15. The van der Waals surface area contributed by atoms with Gasteiger partial charge in [0.05, 0.1) is 23.6 Å². The fraction of sp³-hybridized carbons (Fsp3) is 0.520. The van der Waals surface area contributed by atoms with Gasteiger partial charge in [0.25, 0.3) is 10.1 Å². The van der Waals surface area contributed by atoms with E-state index in [0.29, 0.717) is 6.26 Å². The summed E-state index contributed by atoms with van der Waals surface area (Å²) >= 11 is 6.52. The molecule has 4 rings (SSSR count). The Kier molecular flexibility index (Phi) is 9.86. The van der Waals surface area contributed by atoms with Crippen LogP contribution in [0.2, 0.25) is 5.02 Å². The molecule has 0 spiro atoms. The molecular weight excluding hydrogens is 460 g/mol. The fourth-order valence-corrected chi connectivity index (χ4v) is 4.64. The molecule has 0 saturated heterocycles. The summed E-state index contributed by atoms with van der Waals surface area (Å²) in [6.45, 7) is 3.68. The van der Waals surface area contributed by atoms with Crippen LogP contribution in [0.1, 0.15) is 48.8 Å². The van der Waals surface area contributed by atoms with E-state index in [-0.39, 0.29) is 0 Å². The van der Waals surface area contributed by atoms with Gasteiger partial charge in [-0.2, -0.15) is 8.42 Å². The molecule has 33 heavy (non-hydrogen) atoms. The van der Waals surface area contributed by atoms with Gasteiger partial charge in [0.2, 0.25) is 0 Å². The lowest BCUT2D eigenvalue weighted by molar-refractivity contribution is 0.209. The lowest BCUT2D eigenvalue weighted by atomic mass is 9.90. The largest absolute Gasteiger partial charge is 0.493 e. The van der Waals surface area contributed by atoms with Gasteiger partial charge in [-0.1, -0.05) is 49.1 Å². The first-order valence-electron chi connectivity index (χ1n) is 11.7. The van der Waals surface area contributed by atoms with E-state index in [4.69, 9.17) is 20.9 Å². The van der Waals surface area contributed by atoms with Crippen LogP contribution in [0.25, 0.3) is 0 Å². The van der Waals surface area contributed by atoms with Crippen molar-refractivity contribution in [3.05, 3.63) is 58.1 Å². The third-order valence-corrected chi connectivity index (χ3v) is 6.40. The molecule has 6 nitrogen and oxygen atoms in total.